The van der Waals surface area contributed by atoms with E-state index in [4.69, 9.17) is 14.8 Å². The van der Waals surface area contributed by atoms with Crippen molar-refractivity contribution >= 4 is 5.97 Å². The molecule has 1 heterocycles. The van der Waals surface area contributed by atoms with E-state index in [2.05, 4.69) is 11.4 Å². The molecule has 1 aromatic heterocycles. The van der Waals surface area contributed by atoms with Gasteiger partial charge in [0.15, 0.2) is 0 Å². The van der Waals surface area contributed by atoms with Crippen LogP contribution in [0.3, 0.4) is 0 Å². The average molecular weight is 284 g/mol. The van der Waals surface area contributed by atoms with Gasteiger partial charge >= 0.3 is 5.97 Å². The molecular formula is C16H16N2O3. The van der Waals surface area contributed by atoms with E-state index in [0.717, 1.165) is 5.56 Å². The standard InChI is InChI=1S/C16H16N2O3/c1-10-7-14(21-15(10)16(19)20)9-18-11(2)13-5-3-12(8-17)4-6-13/h3-7,11,18H,9H2,1-2H3,(H,19,20). The van der Waals surface area contributed by atoms with Gasteiger partial charge in [0.25, 0.3) is 0 Å². The number of benzene rings is 1. The second-order valence-corrected chi connectivity index (χ2v) is 4.87. The molecule has 21 heavy (non-hydrogen) atoms. The first-order chi connectivity index (χ1) is 10.0. The summed E-state index contributed by atoms with van der Waals surface area (Å²) < 4.78 is 5.29. The zero-order valence-electron chi connectivity index (χ0n) is 11.9. The Hall–Kier alpha value is -2.58. The summed E-state index contributed by atoms with van der Waals surface area (Å²) in [6, 6.07) is 11.2. The van der Waals surface area contributed by atoms with Crippen LogP contribution < -0.4 is 5.32 Å². The van der Waals surface area contributed by atoms with Crippen molar-refractivity contribution in [1.82, 2.24) is 5.32 Å². The summed E-state index contributed by atoms with van der Waals surface area (Å²) in [7, 11) is 0. The minimum atomic E-state index is -1.06. The number of aryl methyl sites for hydroxylation is 1. The topological polar surface area (TPSA) is 86.3 Å². The van der Waals surface area contributed by atoms with E-state index >= 15 is 0 Å². The smallest absolute Gasteiger partial charge is 0.372 e. The molecule has 0 aliphatic carbocycles. The van der Waals surface area contributed by atoms with Crippen LogP contribution in [0.2, 0.25) is 0 Å². The summed E-state index contributed by atoms with van der Waals surface area (Å²) in [5.74, 6) is -0.484. The highest BCUT2D eigenvalue weighted by Gasteiger charge is 2.14. The molecule has 2 aromatic rings. The van der Waals surface area contributed by atoms with Crippen molar-refractivity contribution in [2.75, 3.05) is 0 Å². The second-order valence-electron chi connectivity index (χ2n) is 4.87. The molecule has 0 fully saturated rings. The van der Waals surface area contributed by atoms with E-state index in [1.54, 1.807) is 25.1 Å². The van der Waals surface area contributed by atoms with Crippen molar-refractivity contribution in [2.45, 2.75) is 26.4 Å². The highest BCUT2D eigenvalue weighted by atomic mass is 16.4. The van der Waals surface area contributed by atoms with Gasteiger partial charge in [-0.25, -0.2) is 4.79 Å². The van der Waals surface area contributed by atoms with Crippen LogP contribution in [0.15, 0.2) is 34.7 Å². The Kier molecular flexibility index (Phi) is 4.41. The van der Waals surface area contributed by atoms with E-state index in [1.165, 1.54) is 0 Å². The second kappa shape index (κ2) is 6.25. The third kappa shape index (κ3) is 3.50. The number of hydrogen-bond donors (Lipinski definition) is 2. The molecule has 1 unspecified atom stereocenters. The fourth-order valence-corrected chi connectivity index (χ4v) is 2.07. The van der Waals surface area contributed by atoms with Gasteiger partial charge in [0, 0.05) is 11.6 Å². The average Bonchev–Trinajstić information content (AvgIpc) is 2.86. The molecule has 2 N–H and O–H groups in total. The van der Waals surface area contributed by atoms with Crippen molar-refractivity contribution in [3.8, 4) is 6.07 Å². The van der Waals surface area contributed by atoms with Crippen LogP contribution in [-0.4, -0.2) is 11.1 Å². The Morgan fingerprint density at radius 2 is 2.10 bits per heavy atom. The van der Waals surface area contributed by atoms with Crippen LogP contribution >= 0.6 is 0 Å². The third-order valence-corrected chi connectivity index (χ3v) is 3.29. The molecule has 0 bridgehead atoms. The van der Waals surface area contributed by atoms with Gasteiger partial charge < -0.3 is 14.8 Å². The molecule has 108 valence electrons. The first-order valence-electron chi connectivity index (χ1n) is 6.57. The molecule has 5 heteroatoms. The van der Waals surface area contributed by atoms with Gasteiger partial charge in [-0.1, -0.05) is 12.1 Å². The lowest BCUT2D eigenvalue weighted by molar-refractivity contribution is 0.0659. The van der Waals surface area contributed by atoms with Crippen molar-refractivity contribution in [3.05, 3.63) is 58.5 Å². The summed E-state index contributed by atoms with van der Waals surface area (Å²) in [6.07, 6.45) is 0. The Labute approximate surface area is 122 Å². The van der Waals surface area contributed by atoms with E-state index in [0.29, 0.717) is 23.4 Å². The van der Waals surface area contributed by atoms with E-state index in [-0.39, 0.29) is 11.8 Å². The molecule has 1 atom stereocenters. The van der Waals surface area contributed by atoms with Crippen LogP contribution in [0.4, 0.5) is 0 Å². The molecule has 0 saturated heterocycles. The monoisotopic (exact) mass is 284 g/mol. The quantitative estimate of drug-likeness (QED) is 0.881. The lowest BCUT2D eigenvalue weighted by Crippen LogP contribution is -2.17. The number of carboxylic acids is 1. The molecular weight excluding hydrogens is 268 g/mol. The van der Waals surface area contributed by atoms with Gasteiger partial charge in [-0.3, -0.25) is 0 Å². The maximum Gasteiger partial charge on any atom is 0.372 e. The maximum absolute atomic E-state index is 10.9. The van der Waals surface area contributed by atoms with Gasteiger partial charge in [0.1, 0.15) is 5.76 Å². The molecule has 2 rings (SSSR count). The fourth-order valence-electron chi connectivity index (χ4n) is 2.07. The summed E-state index contributed by atoms with van der Waals surface area (Å²) in [6.45, 7) is 4.14. The summed E-state index contributed by atoms with van der Waals surface area (Å²) >= 11 is 0. The number of rotatable bonds is 5. The number of aromatic carboxylic acids is 1. The molecule has 0 aliphatic rings. The van der Waals surface area contributed by atoms with Gasteiger partial charge in [0.05, 0.1) is 18.2 Å². The van der Waals surface area contributed by atoms with Crippen molar-refractivity contribution in [2.24, 2.45) is 0 Å². The first-order valence-corrected chi connectivity index (χ1v) is 6.57. The number of furan rings is 1. The molecule has 0 amide bonds. The van der Waals surface area contributed by atoms with Crippen molar-refractivity contribution < 1.29 is 14.3 Å². The number of nitrogens with zero attached hydrogens (tertiary/aromatic N) is 1. The van der Waals surface area contributed by atoms with Crippen molar-refractivity contribution in [1.29, 1.82) is 5.26 Å². The van der Waals surface area contributed by atoms with Crippen molar-refractivity contribution in [3.63, 3.8) is 0 Å². The molecule has 5 nitrogen and oxygen atoms in total. The Bertz CT molecular complexity index is 681. The first kappa shape index (κ1) is 14.8. The maximum atomic E-state index is 10.9. The largest absolute Gasteiger partial charge is 0.475 e. The Morgan fingerprint density at radius 1 is 1.43 bits per heavy atom. The molecule has 0 radical (unpaired) electrons. The zero-order chi connectivity index (χ0) is 15.4. The number of hydrogen-bond acceptors (Lipinski definition) is 4. The van der Waals surface area contributed by atoms with E-state index < -0.39 is 5.97 Å². The summed E-state index contributed by atoms with van der Waals surface area (Å²) in [5.41, 5.74) is 2.29. The normalized spacial score (nSPS) is 11.9. The van der Waals surface area contributed by atoms with E-state index in [9.17, 15) is 4.79 Å². The Balaban J connectivity index is 2.00. The summed E-state index contributed by atoms with van der Waals surface area (Å²) in [5, 5.41) is 21.0. The predicted molar refractivity (Wildman–Crippen MR) is 76.8 cm³/mol. The lowest BCUT2D eigenvalue weighted by atomic mass is 10.1. The third-order valence-electron chi connectivity index (χ3n) is 3.29. The SMILES string of the molecule is Cc1cc(CNC(C)c2ccc(C#N)cc2)oc1C(=O)O. The predicted octanol–water partition coefficient (Wildman–Crippen LogP) is 3.01. The van der Waals surface area contributed by atoms with E-state index in [1.807, 2.05) is 19.1 Å². The van der Waals surface area contributed by atoms with Gasteiger partial charge in [0.2, 0.25) is 5.76 Å². The van der Waals surface area contributed by atoms with Crippen LogP contribution in [0.25, 0.3) is 0 Å². The van der Waals surface area contributed by atoms with Crippen LogP contribution in [0.5, 0.6) is 0 Å². The number of carbonyl (C=O) groups is 1. The fraction of sp³-hybridized carbons (Fsp3) is 0.250. The van der Waals surface area contributed by atoms with Gasteiger partial charge in [-0.05, 0) is 37.6 Å². The summed E-state index contributed by atoms with van der Waals surface area (Å²) in [4.78, 5) is 10.9. The Morgan fingerprint density at radius 3 is 2.62 bits per heavy atom. The molecule has 1 aromatic carbocycles. The number of nitriles is 1. The number of carboxylic acid groups (broad SMARTS) is 1. The minimum absolute atomic E-state index is 0.0159. The number of nitrogens with one attached hydrogen (secondary N) is 1. The molecule has 0 aliphatic heterocycles. The molecule has 0 spiro atoms. The molecule has 0 saturated carbocycles. The highest BCUT2D eigenvalue weighted by molar-refractivity contribution is 5.86. The van der Waals surface area contributed by atoms with Crippen LogP contribution in [-0.2, 0) is 6.54 Å². The highest BCUT2D eigenvalue weighted by Crippen LogP contribution is 2.17. The van der Waals surface area contributed by atoms with Crippen LogP contribution in [0, 0.1) is 18.3 Å². The van der Waals surface area contributed by atoms with Gasteiger partial charge in [-0.2, -0.15) is 5.26 Å². The minimum Gasteiger partial charge on any atom is -0.475 e. The lowest BCUT2D eigenvalue weighted by Gasteiger charge is -2.13. The van der Waals surface area contributed by atoms with Crippen LogP contribution in [0.1, 0.15) is 46.0 Å². The zero-order valence-corrected chi connectivity index (χ0v) is 11.9. The van der Waals surface area contributed by atoms with Gasteiger partial charge in [-0.15, -0.1) is 0 Å².